The molecule has 7 nitrogen and oxygen atoms in total. The van der Waals surface area contributed by atoms with E-state index in [1.54, 1.807) is 31.2 Å². The zero-order valence-corrected chi connectivity index (χ0v) is 19.2. The Hall–Kier alpha value is -4.72. The number of benzene rings is 3. The van der Waals surface area contributed by atoms with Crippen molar-refractivity contribution in [3.8, 4) is 5.75 Å². The first-order valence-electron chi connectivity index (χ1n) is 11.2. The zero-order chi connectivity index (χ0) is 25.2. The minimum Gasteiger partial charge on any atom is -0.507 e. The number of aliphatic hydroxyl groups excluding tert-OH is 1. The molecule has 2 heterocycles. The van der Waals surface area contributed by atoms with Gasteiger partial charge in [0, 0.05) is 11.6 Å². The van der Waals surface area contributed by atoms with E-state index in [1.165, 1.54) is 35.2 Å². The van der Waals surface area contributed by atoms with Crippen LogP contribution < -0.4 is 9.64 Å². The number of anilines is 1. The first-order chi connectivity index (χ1) is 17.4. The van der Waals surface area contributed by atoms with Gasteiger partial charge in [0.25, 0.3) is 5.78 Å². The summed E-state index contributed by atoms with van der Waals surface area (Å²) in [6.07, 6.45) is 0. The molecule has 0 aliphatic carbocycles. The number of Topliss-reactive ketones (excluding diaryl/α,β-unsaturated/α-hetero) is 1. The van der Waals surface area contributed by atoms with Crippen molar-refractivity contribution in [3.63, 3.8) is 0 Å². The van der Waals surface area contributed by atoms with Gasteiger partial charge in [0.15, 0.2) is 5.82 Å². The maximum Gasteiger partial charge on any atom is 0.301 e. The topological polar surface area (TPSA) is 92.9 Å². The van der Waals surface area contributed by atoms with E-state index in [1.807, 2.05) is 30.3 Å². The first-order valence-corrected chi connectivity index (χ1v) is 11.2. The van der Waals surface area contributed by atoms with Crippen LogP contribution in [0.5, 0.6) is 5.75 Å². The number of hydrogen-bond acceptors (Lipinski definition) is 6. The molecule has 8 heteroatoms. The van der Waals surface area contributed by atoms with Crippen LogP contribution in [0, 0.1) is 12.7 Å². The van der Waals surface area contributed by atoms with Gasteiger partial charge in [0.1, 0.15) is 29.7 Å². The van der Waals surface area contributed by atoms with Gasteiger partial charge in [-0.05, 0) is 54.4 Å². The number of aryl methyl sites for hydroxylation is 1. The van der Waals surface area contributed by atoms with Crippen LogP contribution in [-0.4, -0.2) is 22.0 Å². The number of halogens is 1. The zero-order valence-electron chi connectivity index (χ0n) is 19.2. The predicted molar refractivity (Wildman–Crippen MR) is 130 cm³/mol. The Morgan fingerprint density at radius 3 is 2.36 bits per heavy atom. The number of aliphatic hydroxyl groups is 1. The maximum atomic E-state index is 13.4. The van der Waals surface area contributed by atoms with Gasteiger partial charge < -0.3 is 14.4 Å². The number of hydrogen-bond donors (Lipinski definition) is 1. The van der Waals surface area contributed by atoms with Gasteiger partial charge in [-0.1, -0.05) is 47.6 Å². The van der Waals surface area contributed by atoms with Gasteiger partial charge in [-0.3, -0.25) is 14.5 Å². The summed E-state index contributed by atoms with van der Waals surface area (Å²) >= 11 is 0. The molecule has 0 radical (unpaired) electrons. The molecule has 5 rings (SSSR count). The van der Waals surface area contributed by atoms with Crippen molar-refractivity contribution in [2.24, 2.45) is 0 Å². The molecule has 1 amide bonds. The Morgan fingerprint density at radius 1 is 1.03 bits per heavy atom. The second-order valence-electron chi connectivity index (χ2n) is 8.32. The lowest BCUT2D eigenvalue weighted by molar-refractivity contribution is -0.132. The number of aromatic nitrogens is 1. The first kappa shape index (κ1) is 23.0. The van der Waals surface area contributed by atoms with Crippen molar-refractivity contribution in [1.29, 1.82) is 0 Å². The number of ether oxygens (including phenoxy) is 1. The molecule has 1 fully saturated rings. The molecule has 36 heavy (non-hydrogen) atoms. The average molecular weight is 484 g/mol. The third-order valence-corrected chi connectivity index (χ3v) is 5.87. The van der Waals surface area contributed by atoms with Crippen molar-refractivity contribution >= 4 is 23.3 Å². The van der Waals surface area contributed by atoms with Crippen LogP contribution in [0.2, 0.25) is 0 Å². The Labute approximate surface area is 206 Å². The third-order valence-electron chi connectivity index (χ3n) is 5.87. The Kier molecular flexibility index (Phi) is 6.08. The lowest BCUT2D eigenvalue weighted by Crippen LogP contribution is -2.29. The van der Waals surface area contributed by atoms with Crippen LogP contribution in [-0.2, 0) is 16.2 Å². The van der Waals surface area contributed by atoms with Gasteiger partial charge in [-0.25, -0.2) is 4.39 Å². The van der Waals surface area contributed by atoms with E-state index in [4.69, 9.17) is 9.26 Å². The monoisotopic (exact) mass is 484 g/mol. The Balaban J connectivity index is 1.54. The molecule has 0 spiro atoms. The molecular weight excluding hydrogens is 463 g/mol. The highest BCUT2D eigenvalue weighted by Crippen LogP contribution is 2.42. The predicted octanol–water partition coefficient (Wildman–Crippen LogP) is 5.33. The summed E-state index contributed by atoms with van der Waals surface area (Å²) in [7, 11) is 0. The molecular formula is C28H21FN2O5. The van der Waals surface area contributed by atoms with E-state index in [2.05, 4.69) is 5.16 Å². The quantitative estimate of drug-likeness (QED) is 0.226. The molecule has 1 N–H and O–H groups in total. The third kappa shape index (κ3) is 4.36. The molecule has 0 saturated carbocycles. The van der Waals surface area contributed by atoms with Crippen molar-refractivity contribution < 1.29 is 28.3 Å². The number of nitrogens with zero attached hydrogens (tertiary/aromatic N) is 2. The normalized spacial score (nSPS) is 16.9. The molecule has 1 saturated heterocycles. The van der Waals surface area contributed by atoms with Crippen LogP contribution in [0.15, 0.2) is 95.0 Å². The highest BCUT2D eigenvalue weighted by molar-refractivity contribution is 6.51. The molecule has 0 bridgehead atoms. The van der Waals surface area contributed by atoms with Crippen LogP contribution >= 0.6 is 0 Å². The van der Waals surface area contributed by atoms with Gasteiger partial charge >= 0.3 is 5.91 Å². The second-order valence-corrected chi connectivity index (χ2v) is 8.32. The van der Waals surface area contributed by atoms with Crippen LogP contribution in [0.25, 0.3) is 5.76 Å². The molecule has 3 aromatic carbocycles. The smallest absolute Gasteiger partial charge is 0.301 e. The van der Waals surface area contributed by atoms with E-state index < -0.39 is 29.3 Å². The van der Waals surface area contributed by atoms with E-state index in [9.17, 15) is 19.1 Å². The average Bonchev–Trinajstić information content (AvgIpc) is 3.44. The fourth-order valence-corrected chi connectivity index (χ4v) is 4.10. The van der Waals surface area contributed by atoms with E-state index >= 15 is 0 Å². The molecule has 1 atom stereocenters. The number of ketones is 1. The highest BCUT2D eigenvalue weighted by atomic mass is 19.1. The minimum atomic E-state index is -0.984. The largest absolute Gasteiger partial charge is 0.507 e. The van der Waals surface area contributed by atoms with Gasteiger partial charge in [-0.2, -0.15) is 0 Å². The molecule has 1 unspecified atom stereocenters. The summed E-state index contributed by atoms with van der Waals surface area (Å²) in [5.41, 5.74) is 1.63. The van der Waals surface area contributed by atoms with Gasteiger partial charge in [-0.15, -0.1) is 0 Å². The van der Waals surface area contributed by atoms with Crippen molar-refractivity contribution in [2.75, 3.05) is 4.90 Å². The van der Waals surface area contributed by atoms with Crippen molar-refractivity contribution in [2.45, 2.75) is 19.6 Å². The maximum absolute atomic E-state index is 13.4. The number of carbonyl (C=O) groups excluding carboxylic acids is 2. The summed E-state index contributed by atoms with van der Waals surface area (Å²) < 4.78 is 24.4. The SMILES string of the molecule is Cc1cc(N2C(=O)C(=O)C(=C(O)c3ccc(F)cc3)C2c2ccc(OCc3ccccc3)cc2)no1. The van der Waals surface area contributed by atoms with E-state index in [0.717, 1.165) is 5.56 Å². The summed E-state index contributed by atoms with van der Waals surface area (Å²) in [5.74, 6) is -1.46. The Bertz CT molecular complexity index is 1440. The summed E-state index contributed by atoms with van der Waals surface area (Å²) in [6, 6.07) is 22.2. The fourth-order valence-electron chi connectivity index (χ4n) is 4.10. The standard InChI is InChI=1S/C28H21FN2O5/c1-17-15-23(30-36-17)31-25(19-9-13-22(14-10-19)35-16-18-5-3-2-4-6-18)24(27(33)28(31)34)26(32)20-7-11-21(29)12-8-20/h2-15,25,32H,16H2,1H3. The van der Waals surface area contributed by atoms with Crippen LogP contribution in [0.4, 0.5) is 10.2 Å². The number of amides is 1. The number of carbonyl (C=O) groups is 2. The second kappa shape index (κ2) is 9.50. The minimum absolute atomic E-state index is 0.134. The summed E-state index contributed by atoms with van der Waals surface area (Å²) in [5, 5.41) is 15.0. The lowest BCUT2D eigenvalue weighted by Gasteiger charge is -2.23. The van der Waals surface area contributed by atoms with Gasteiger partial charge in [0.2, 0.25) is 0 Å². The number of rotatable bonds is 6. The Morgan fingerprint density at radius 2 is 1.72 bits per heavy atom. The summed E-state index contributed by atoms with van der Waals surface area (Å²) in [4.78, 5) is 27.4. The van der Waals surface area contributed by atoms with Crippen LogP contribution in [0.1, 0.15) is 28.5 Å². The molecule has 1 aliphatic rings. The summed E-state index contributed by atoms with van der Waals surface area (Å²) in [6.45, 7) is 2.04. The van der Waals surface area contributed by atoms with Gasteiger partial charge in [0.05, 0.1) is 11.6 Å². The molecule has 180 valence electrons. The van der Waals surface area contributed by atoms with Crippen molar-refractivity contribution in [3.05, 3.63) is 119 Å². The van der Waals surface area contributed by atoms with Crippen molar-refractivity contribution in [1.82, 2.24) is 5.16 Å². The van der Waals surface area contributed by atoms with E-state index in [-0.39, 0.29) is 17.0 Å². The van der Waals surface area contributed by atoms with E-state index in [0.29, 0.717) is 23.7 Å². The lowest BCUT2D eigenvalue weighted by atomic mass is 9.95. The molecule has 4 aromatic rings. The fraction of sp³-hybridized carbons (Fsp3) is 0.107. The highest BCUT2D eigenvalue weighted by Gasteiger charge is 2.48. The van der Waals surface area contributed by atoms with Crippen LogP contribution in [0.3, 0.4) is 0 Å². The molecule has 1 aliphatic heterocycles. The molecule has 1 aromatic heterocycles.